The Hall–Kier alpha value is -2.15. The van der Waals surface area contributed by atoms with E-state index in [-0.39, 0.29) is 5.91 Å². The second-order valence-corrected chi connectivity index (χ2v) is 4.57. The van der Waals surface area contributed by atoms with Crippen molar-refractivity contribution in [3.63, 3.8) is 0 Å². The van der Waals surface area contributed by atoms with Crippen molar-refractivity contribution in [2.24, 2.45) is 0 Å². The number of imidazole rings is 1. The molecular weight excluding hydrogens is 258 g/mol. The molecule has 7 heteroatoms. The molecule has 2 aromatic rings. The first-order chi connectivity index (χ1) is 9.61. The van der Waals surface area contributed by atoms with Gasteiger partial charge in [0.15, 0.2) is 5.65 Å². The number of hydrogen-bond acceptors (Lipinski definition) is 5. The minimum Gasteiger partial charge on any atom is -0.383 e. The van der Waals surface area contributed by atoms with Crippen molar-refractivity contribution in [2.45, 2.75) is 19.9 Å². The molecule has 0 fully saturated rings. The lowest BCUT2D eigenvalue weighted by Gasteiger charge is -2.07. The number of aryl methyl sites for hydroxylation is 2. The number of nitrogens with two attached hydrogens (primary N) is 1. The number of hydrogen-bond donors (Lipinski definition) is 2. The predicted molar refractivity (Wildman–Crippen MR) is 76.2 cm³/mol. The van der Waals surface area contributed by atoms with Crippen LogP contribution >= 0.6 is 0 Å². The molecule has 2 heterocycles. The summed E-state index contributed by atoms with van der Waals surface area (Å²) in [5.74, 6) is 0.332. The zero-order valence-electron chi connectivity index (χ0n) is 11.7. The number of carbonyl (C=O) groups is 1. The molecule has 0 aliphatic heterocycles. The fourth-order valence-electron chi connectivity index (χ4n) is 1.94. The molecule has 2 rings (SSSR count). The standard InChI is InChI=1S/C13H19N5O2/c1-9-7-10-12(16-8-9)18(13(14)17-10)5-3-11(19)15-4-6-20-2/h7-8H,3-6H2,1-2H3,(H2,14,17)(H,15,19). The SMILES string of the molecule is COCCNC(=O)CCn1c(N)nc2cc(C)cnc21. The summed E-state index contributed by atoms with van der Waals surface area (Å²) in [7, 11) is 1.60. The average molecular weight is 277 g/mol. The number of pyridine rings is 1. The van der Waals surface area contributed by atoms with Crippen LogP contribution in [0.25, 0.3) is 11.2 Å². The van der Waals surface area contributed by atoms with E-state index in [1.807, 2.05) is 13.0 Å². The van der Waals surface area contributed by atoms with Crippen LogP contribution < -0.4 is 11.1 Å². The lowest BCUT2D eigenvalue weighted by Crippen LogP contribution is -2.27. The Balaban J connectivity index is 2.02. The van der Waals surface area contributed by atoms with E-state index in [9.17, 15) is 4.79 Å². The number of nitrogens with zero attached hydrogens (tertiary/aromatic N) is 3. The van der Waals surface area contributed by atoms with Gasteiger partial charge in [-0.3, -0.25) is 9.36 Å². The lowest BCUT2D eigenvalue weighted by atomic mass is 10.3. The van der Waals surface area contributed by atoms with Gasteiger partial charge in [0.05, 0.1) is 6.61 Å². The van der Waals surface area contributed by atoms with Crippen LogP contribution in [0.1, 0.15) is 12.0 Å². The maximum atomic E-state index is 11.7. The van der Waals surface area contributed by atoms with Crippen LogP contribution in [0.3, 0.4) is 0 Å². The number of rotatable bonds is 6. The van der Waals surface area contributed by atoms with Gasteiger partial charge < -0.3 is 15.8 Å². The molecule has 7 nitrogen and oxygen atoms in total. The minimum absolute atomic E-state index is 0.0459. The number of anilines is 1. The summed E-state index contributed by atoms with van der Waals surface area (Å²) >= 11 is 0. The molecule has 108 valence electrons. The highest BCUT2D eigenvalue weighted by Gasteiger charge is 2.11. The second kappa shape index (κ2) is 6.33. The fourth-order valence-corrected chi connectivity index (χ4v) is 1.94. The molecule has 1 amide bonds. The molecule has 0 aromatic carbocycles. The normalized spacial score (nSPS) is 10.9. The van der Waals surface area contributed by atoms with Crippen LogP contribution in [0.5, 0.6) is 0 Å². The number of aromatic nitrogens is 3. The first-order valence-corrected chi connectivity index (χ1v) is 6.46. The van der Waals surface area contributed by atoms with Gasteiger partial charge in [-0.15, -0.1) is 0 Å². The Morgan fingerprint density at radius 2 is 2.35 bits per heavy atom. The molecule has 3 N–H and O–H groups in total. The van der Waals surface area contributed by atoms with E-state index in [4.69, 9.17) is 10.5 Å². The maximum Gasteiger partial charge on any atom is 0.221 e. The first-order valence-electron chi connectivity index (χ1n) is 6.46. The zero-order valence-corrected chi connectivity index (χ0v) is 11.7. The first kappa shape index (κ1) is 14.3. The summed E-state index contributed by atoms with van der Waals surface area (Å²) in [5.41, 5.74) is 8.36. The summed E-state index contributed by atoms with van der Waals surface area (Å²) in [6.45, 7) is 3.41. The predicted octanol–water partition coefficient (Wildman–Crippen LogP) is 0.475. The van der Waals surface area contributed by atoms with Gasteiger partial charge in [-0.2, -0.15) is 0 Å². The highest BCUT2D eigenvalue weighted by molar-refractivity contribution is 5.77. The van der Waals surface area contributed by atoms with Gasteiger partial charge in [-0.05, 0) is 18.6 Å². The van der Waals surface area contributed by atoms with Gasteiger partial charge in [-0.1, -0.05) is 0 Å². The highest BCUT2D eigenvalue weighted by atomic mass is 16.5. The van der Waals surface area contributed by atoms with Crippen molar-refractivity contribution in [3.05, 3.63) is 17.8 Å². The molecule has 0 bridgehead atoms. The molecule has 0 saturated carbocycles. The molecule has 0 radical (unpaired) electrons. The molecule has 0 aliphatic carbocycles. The van der Waals surface area contributed by atoms with Gasteiger partial charge in [0.25, 0.3) is 0 Å². The third-order valence-corrected chi connectivity index (χ3v) is 2.94. The molecule has 2 aromatic heterocycles. The van der Waals surface area contributed by atoms with Crippen molar-refractivity contribution in [3.8, 4) is 0 Å². The summed E-state index contributed by atoms with van der Waals surface area (Å²) in [4.78, 5) is 20.2. The second-order valence-electron chi connectivity index (χ2n) is 4.57. The number of fused-ring (bicyclic) bond motifs is 1. The summed E-state index contributed by atoms with van der Waals surface area (Å²) in [5, 5.41) is 2.76. The smallest absolute Gasteiger partial charge is 0.221 e. The molecule has 0 saturated heterocycles. The molecule has 20 heavy (non-hydrogen) atoms. The largest absolute Gasteiger partial charge is 0.383 e. The Labute approximate surface area is 117 Å². The molecule has 0 aliphatic rings. The van der Waals surface area contributed by atoms with Gasteiger partial charge >= 0.3 is 0 Å². The van der Waals surface area contributed by atoms with E-state index in [0.717, 1.165) is 11.1 Å². The van der Waals surface area contributed by atoms with Crippen LogP contribution in [-0.2, 0) is 16.1 Å². The van der Waals surface area contributed by atoms with Crippen LogP contribution in [0, 0.1) is 6.92 Å². The number of carbonyl (C=O) groups excluding carboxylic acids is 1. The van der Waals surface area contributed by atoms with Crippen molar-refractivity contribution < 1.29 is 9.53 Å². The van der Waals surface area contributed by atoms with Gasteiger partial charge in [0.2, 0.25) is 11.9 Å². The monoisotopic (exact) mass is 277 g/mol. The number of ether oxygens (including phenoxy) is 1. The van der Waals surface area contributed by atoms with Crippen molar-refractivity contribution in [1.82, 2.24) is 19.9 Å². The minimum atomic E-state index is -0.0459. The lowest BCUT2D eigenvalue weighted by molar-refractivity contribution is -0.121. The number of methoxy groups -OCH3 is 1. The summed E-state index contributed by atoms with van der Waals surface area (Å²) in [6, 6.07) is 1.92. The van der Waals surface area contributed by atoms with Crippen molar-refractivity contribution >= 4 is 23.0 Å². The number of amides is 1. The quantitative estimate of drug-likeness (QED) is 0.749. The van der Waals surface area contributed by atoms with Gasteiger partial charge in [0.1, 0.15) is 5.52 Å². The number of nitrogens with one attached hydrogen (secondary N) is 1. The topological polar surface area (TPSA) is 95.1 Å². The Kier molecular flexibility index (Phi) is 4.52. The van der Waals surface area contributed by atoms with Crippen molar-refractivity contribution in [2.75, 3.05) is 26.0 Å². The third kappa shape index (κ3) is 3.24. The van der Waals surface area contributed by atoms with Crippen LogP contribution in [0.2, 0.25) is 0 Å². The van der Waals surface area contributed by atoms with E-state index in [1.54, 1.807) is 17.9 Å². The van der Waals surface area contributed by atoms with Gasteiger partial charge in [0, 0.05) is 32.8 Å². The van der Waals surface area contributed by atoms with E-state index >= 15 is 0 Å². The molecule has 0 unspecified atom stereocenters. The average Bonchev–Trinajstić information content (AvgIpc) is 2.71. The van der Waals surface area contributed by atoms with E-state index < -0.39 is 0 Å². The Morgan fingerprint density at radius 1 is 1.55 bits per heavy atom. The molecule has 0 spiro atoms. The maximum absolute atomic E-state index is 11.7. The molecular formula is C13H19N5O2. The van der Waals surface area contributed by atoms with E-state index in [0.29, 0.717) is 37.7 Å². The Morgan fingerprint density at radius 3 is 3.10 bits per heavy atom. The fraction of sp³-hybridized carbons (Fsp3) is 0.462. The van der Waals surface area contributed by atoms with Crippen LogP contribution in [-0.4, -0.2) is 40.7 Å². The zero-order chi connectivity index (χ0) is 14.5. The van der Waals surface area contributed by atoms with Gasteiger partial charge in [-0.25, -0.2) is 9.97 Å². The Bertz CT molecular complexity index is 608. The molecule has 0 atom stereocenters. The van der Waals surface area contributed by atoms with Crippen LogP contribution in [0.4, 0.5) is 5.95 Å². The number of nitrogen functional groups attached to an aromatic ring is 1. The van der Waals surface area contributed by atoms with Crippen molar-refractivity contribution in [1.29, 1.82) is 0 Å². The highest BCUT2D eigenvalue weighted by Crippen LogP contribution is 2.16. The summed E-state index contributed by atoms with van der Waals surface area (Å²) in [6.07, 6.45) is 2.09. The summed E-state index contributed by atoms with van der Waals surface area (Å²) < 4.78 is 6.63. The van der Waals surface area contributed by atoms with E-state index in [2.05, 4.69) is 15.3 Å². The van der Waals surface area contributed by atoms with E-state index in [1.165, 1.54) is 0 Å². The van der Waals surface area contributed by atoms with Crippen LogP contribution in [0.15, 0.2) is 12.3 Å². The third-order valence-electron chi connectivity index (χ3n) is 2.94.